The normalized spacial score (nSPS) is 23.3. The zero-order valence-corrected chi connectivity index (χ0v) is 13.5. The van der Waals surface area contributed by atoms with E-state index in [0.29, 0.717) is 18.3 Å². The van der Waals surface area contributed by atoms with Crippen molar-refractivity contribution in [1.82, 2.24) is 15.0 Å². The molecule has 0 aromatic carbocycles. The second-order valence-corrected chi connectivity index (χ2v) is 6.18. The Hall–Kier alpha value is -2.70. The Balaban J connectivity index is 1.54. The average Bonchev–Trinajstić information content (AvgIpc) is 3.08. The predicted octanol–water partition coefficient (Wildman–Crippen LogP) is 1.37. The summed E-state index contributed by atoms with van der Waals surface area (Å²) >= 11 is 0. The second kappa shape index (κ2) is 6.07. The molecule has 4 heterocycles. The van der Waals surface area contributed by atoms with Crippen LogP contribution in [0.2, 0.25) is 0 Å². The molecule has 2 aromatic heterocycles. The summed E-state index contributed by atoms with van der Waals surface area (Å²) in [4.78, 5) is 29.4. The van der Waals surface area contributed by atoms with E-state index < -0.39 is 0 Å². The van der Waals surface area contributed by atoms with Gasteiger partial charge in [0.25, 0.3) is 0 Å². The summed E-state index contributed by atoms with van der Waals surface area (Å²) in [6, 6.07) is 5.62. The third-order valence-corrected chi connectivity index (χ3v) is 4.87. The number of nitrogens with zero attached hydrogens (tertiary/aromatic N) is 5. The van der Waals surface area contributed by atoms with Crippen molar-refractivity contribution in [1.29, 1.82) is 0 Å². The van der Waals surface area contributed by atoms with Crippen LogP contribution in [-0.2, 0) is 4.79 Å². The van der Waals surface area contributed by atoms with Gasteiger partial charge in [0.05, 0.1) is 24.9 Å². The summed E-state index contributed by atoms with van der Waals surface area (Å²) in [6.45, 7) is 2.27. The maximum Gasteiger partial charge on any atom is 0.232 e. The van der Waals surface area contributed by atoms with Crippen molar-refractivity contribution in [3.63, 3.8) is 0 Å². The van der Waals surface area contributed by atoms with Crippen LogP contribution in [0.5, 0.6) is 5.88 Å². The van der Waals surface area contributed by atoms with Gasteiger partial charge in [-0.1, -0.05) is 0 Å². The fourth-order valence-corrected chi connectivity index (χ4v) is 3.62. The fraction of sp³-hybridized carbons (Fsp3) is 0.412. The molecule has 7 heteroatoms. The lowest BCUT2D eigenvalue weighted by atomic mass is 9.88. The topological polar surface area (TPSA) is 71.5 Å². The molecule has 4 rings (SSSR count). The molecule has 2 unspecified atom stereocenters. The molecule has 0 spiro atoms. The SMILES string of the molecule is COc1cc(N2CC3CCN(c4cccnc4)C(=O)C3C2)ncn1. The first-order valence-electron chi connectivity index (χ1n) is 8.08. The van der Waals surface area contributed by atoms with Crippen molar-refractivity contribution >= 4 is 17.4 Å². The molecule has 2 saturated heterocycles. The molecule has 2 aliphatic rings. The summed E-state index contributed by atoms with van der Waals surface area (Å²) in [5, 5.41) is 0. The number of methoxy groups -OCH3 is 1. The van der Waals surface area contributed by atoms with Gasteiger partial charge in [0, 0.05) is 31.9 Å². The molecule has 24 heavy (non-hydrogen) atoms. The van der Waals surface area contributed by atoms with E-state index in [0.717, 1.165) is 31.0 Å². The number of hydrogen-bond donors (Lipinski definition) is 0. The van der Waals surface area contributed by atoms with E-state index in [2.05, 4.69) is 19.9 Å². The van der Waals surface area contributed by atoms with Crippen molar-refractivity contribution in [3.05, 3.63) is 36.9 Å². The van der Waals surface area contributed by atoms with E-state index >= 15 is 0 Å². The highest BCUT2D eigenvalue weighted by molar-refractivity contribution is 5.96. The van der Waals surface area contributed by atoms with Crippen molar-refractivity contribution < 1.29 is 9.53 Å². The third-order valence-electron chi connectivity index (χ3n) is 4.87. The van der Waals surface area contributed by atoms with Gasteiger partial charge in [-0.05, 0) is 24.5 Å². The molecular weight excluding hydrogens is 306 g/mol. The highest BCUT2D eigenvalue weighted by Gasteiger charge is 2.43. The quantitative estimate of drug-likeness (QED) is 0.849. The van der Waals surface area contributed by atoms with Gasteiger partial charge in [0.15, 0.2) is 0 Å². The van der Waals surface area contributed by atoms with E-state index in [1.54, 1.807) is 19.5 Å². The molecule has 7 nitrogen and oxygen atoms in total. The first-order chi connectivity index (χ1) is 11.8. The zero-order valence-electron chi connectivity index (χ0n) is 13.5. The minimum absolute atomic E-state index is 0.0000775. The van der Waals surface area contributed by atoms with Crippen LogP contribution in [-0.4, -0.2) is 47.6 Å². The van der Waals surface area contributed by atoms with Gasteiger partial charge in [-0.3, -0.25) is 9.78 Å². The Kier molecular flexibility index (Phi) is 3.76. The number of carbonyl (C=O) groups is 1. The molecule has 2 atom stereocenters. The average molecular weight is 325 g/mol. The molecular formula is C17H19N5O2. The van der Waals surface area contributed by atoms with E-state index in [1.807, 2.05) is 23.1 Å². The van der Waals surface area contributed by atoms with E-state index in [1.165, 1.54) is 6.33 Å². The monoisotopic (exact) mass is 325 g/mol. The van der Waals surface area contributed by atoms with E-state index in [-0.39, 0.29) is 11.8 Å². The summed E-state index contributed by atoms with van der Waals surface area (Å²) in [6.07, 6.45) is 5.96. The van der Waals surface area contributed by atoms with E-state index in [9.17, 15) is 4.79 Å². The Morgan fingerprint density at radius 3 is 3.00 bits per heavy atom. The number of anilines is 2. The molecule has 1 amide bonds. The fourth-order valence-electron chi connectivity index (χ4n) is 3.62. The van der Waals surface area contributed by atoms with Crippen LogP contribution in [0, 0.1) is 11.8 Å². The molecule has 0 aliphatic carbocycles. The lowest BCUT2D eigenvalue weighted by Crippen LogP contribution is -2.45. The second-order valence-electron chi connectivity index (χ2n) is 6.18. The lowest BCUT2D eigenvalue weighted by Gasteiger charge is -2.33. The number of rotatable bonds is 3. The van der Waals surface area contributed by atoms with Gasteiger partial charge in [-0.25, -0.2) is 9.97 Å². The molecule has 2 aromatic rings. The smallest absolute Gasteiger partial charge is 0.232 e. The van der Waals surface area contributed by atoms with E-state index in [4.69, 9.17) is 4.74 Å². The number of amides is 1. The van der Waals surface area contributed by atoms with Crippen LogP contribution >= 0.6 is 0 Å². The maximum atomic E-state index is 12.9. The van der Waals surface area contributed by atoms with Crippen LogP contribution in [0.4, 0.5) is 11.5 Å². The lowest BCUT2D eigenvalue weighted by molar-refractivity contribution is -0.124. The number of carbonyl (C=O) groups excluding carboxylic acids is 1. The molecule has 2 aliphatic heterocycles. The van der Waals surface area contributed by atoms with Crippen LogP contribution < -0.4 is 14.5 Å². The third kappa shape index (κ3) is 2.55. The number of aromatic nitrogens is 3. The summed E-state index contributed by atoms with van der Waals surface area (Å²) in [7, 11) is 1.59. The number of hydrogen-bond acceptors (Lipinski definition) is 6. The molecule has 124 valence electrons. The molecule has 2 fully saturated rings. The van der Waals surface area contributed by atoms with Gasteiger partial charge < -0.3 is 14.5 Å². The highest BCUT2D eigenvalue weighted by atomic mass is 16.5. The Morgan fingerprint density at radius 2 is 2.21 bits per heavy atom. The van der Waals surface area contributed by atoms with Gasteiger partial charge in [0.2, 0.25) is 11.8 Å². The first kappa shape index (κ1) is 14.9. The number of pyridine rings is 1. The van der Waals surface area contributed by atoms with Crippen molar-refractivity contribution in [2.45, 2.75) is 6.42 Å². The minimum Gasteiger partial charge on any atom is -0.481 e. The highest BCUT2D eigenvalue weighted by Crippen LogP contribution is 2.36. The summed E-state index contributed by atoms with van der Waals surface area (Å²) < 4.78 is 5.17. The van der Waals surface area contributed by atoms with Crippen LogP contribution in [0.15, 0.2) is 36.9 Å². The van der Waals surface area contributed by atoms with Crippen LogP contribution in [0.1, 0.15) is 6.42 Å². The number of ether oxygens (including phenoxy) is 1. The molecule has 0 bridgehead atoms. The first-order valence-corrected chi connectivity index (χ1v) is 8.08. The van der Waals surface area contributed by atoms with Crippen molar-refractivity contribution in [2.24, 2.45) is 11.8 Å². The van der Waals surface area contributed by atoms with Crippen molar-refractivity contribution in [3.8, 4) is 5.88 Å². The van der Waals surface area contributed by atoms with Gasteiger partial charge in [0.1, 0.15) is 12.1 Å². The van der Waals surface area contributed by atoms with Gasteiger partial charge in [-0.15, -0.1) is 0 Å². The standard InChI is InChI=1S/C17H19N5O2/c1-24-16-7-15(19-11-20-16)21-9-12-4-6-22(17(23)14(12)10-21)13-3-2-5-18-8-13/h2-3,5,7-8,11-12,14H,4,6,9-10H2,1H3. The largest absolute Gasteiger partial charge is 0.481 e. The molecule has 0 saturated carbocycles. The van der Waals surface area contributed by atoms with Gasteiger partial charge >= 0.3 is 0 Å². The zero-order chi connectivity index (χ0) is 16.5. The van der Waals surface area contributed by atoms with Crippen molar-refractivity contribution in [2.75, 3.05) is 36.5 Å². The van der Waals surface area contributed by atoms with Crippen LogP contribution in [0.25, 0.3) is 0 Å². The summed E-state index contributed by atoms with van der Waals surface area (Å²) in [5.74, 6) is 1.91. The molecule has 0 radical (unpaired) electrons. The van der Waals surface area contributed by atoms with Crippen LogP contribution in [0.3, 0.4) is 0 Å². The molecule has 0 N–H and O–H groups in total. The predicted molar refractivity (Wildman–Crippen MR) is 89.0 cm³/mol. The minimum atomic E-state index is -0.0000775. The summed E-state index contributed by atoms with van der Waals surface area (Å²) in [5.41, 5.74) is 0.878. The van der Waals surface area contributed by atoms with Gasteiger partial charge in [-0.2, -0.15) is 0 Å². The maximum absolute atomic E-state index is 12.9. The Bertz CT molecular complexity index is 739. The number of piperidine rings is 1. The number of fused-ring (bicyclic) bond motifs is 1. The Morgan fingerprint density at radius 1 is 1.29 bits per heavy atom. The Labute approximate surface area is 140 Å².